The molecule has 4 N–H and O–H groups in total. The van der Waals surface area contributed by atoms with Gasteiger partial charge in [0.15, 0.2) is 0 Å². The summed E-state index contributed by atoms with van der Waals surface area (Å²) in [7, 11) is 0. The van der Waals surface area contributed by atoms with E-state index < -0.39 is 52.4 Å². The Bertz CT molecular complexity index is 1330. The maximum atomic E-state index is 13.1. The van der Waals surface area contributed by atoms with E-state index in [1.165, 1.54) is 11.9 Å². The lowest BCUT2D eigenvalue weighted by molar-refractivity contribution is -0.152. The molecule has 246 valence electrons. The minimum Gasteiger partial charge on any atom is -0.460 e. The first-order valence-corrected chi connectivity index (χ1v) is 16.1. The summed E-state index contributed by atoms with van der Waals surface area (Å²) in [4.78, 5) is 51.4. The molecule has 3 amide bonds. The molecular formula is C32H41Cl3N4O6. The minimum absolute atomic E-state index is 0.176. The monoisotopic (exact) mass is 682 g/mol. The fourth-order valence-electron chi connectivity index (χ4n) is 4.85. The van der Waals surface area contributed by atoms with E-state index in [9.17, 15) is 24.3 Å². The van der Waals surface area contributed by atoms with Crippen LogP contribution in [0.2, 0.25) is 0 Å². The van der Waals surface area contributed by atoms with Crippen molar-refractivity contribution in [2.45, 2.75) is 81.4 Å². The highest BCUT2D eigenvalue weighted by atomic mass is 35.6. The highest BCUT2D eigenvalue weighted by Crippen LogP contribution is 2.26. The van der Waals surface area contributed by atoms with Crippen molar-refractivity contribution >= 4 is 58.5 Å². The van der Waals surface area contributed by atoms with Gasteiger partial charge in [-0.2, -0.15) is 0 Å². The zero-order chi connectivity index (χ0) is 33.3. The van der Waals surface area contributed by atoms with Crippen LogP contribution in [-0.4, -0.2) is 68.9 Å². The van der Waals surface area contributed by atoms with Gasteiger partial charge < -0.3 is 20.5 Å². The van der Waals surface area contributed by atoms with Crippen LogP contribution in [0.5, 0.6) is 0 Å². The van der Waals surface area contributed by atoms with Crippen molar-refractivity contribution in [1.82, 2.24) is 21.1 Å². The summed E-state index contributed by atoms with van der Waals surface area (Å²) < 4.78 is 3.27. The number of aliphatic hydroxyl groups is 1. The van der Waals surface area contributed by atoms with E-state index in [4.69, 9.17) is 39.5 Å². The number of aliphatic hydroxyl groups excluding tert-OH is 1. The molecule has 2 aromatic carbocycles. The average molecular weight is 684 g/mol. The molecule has 10 nitrogen and oxygen atoms in total. The highest BCUT2D eigenvalue weighted by Gasteiger charge is 2.34. The maximum absolute atomic E-state index is 13.1. The van der Waals surface area contributed by atoms with Crippen LogP contribution in [0.1, 0.15) is 64.2 Å². The molecule has 1 unspecified atom stereocenters. The van der Waals surface area contributed by atoms with E-state index >= 15 is 0 Å². The molecule has 0 radical (unpaired) electrons. The van der Waals surface area contributed by atoms with Crippen LogP contribution in [0.25, 0.3) is 11.1 Å². The first-order chi connectivity index (χ1) is 21.1. The lowest BCUT2D eigenvalue weighted by atomic mass is 9.99. The summed E-state index contributed by atoms with van der Waals surface area (Å²) in [5, 5.41) is 16.6. The number of nitrogens with one attached hydrogen (secondary N) is 3. The Balaban J connectivity index is 1.50. The van der Waals surface area contributed by atoms with E-state index in [0.717, 1.165) is 22.3 Å². The number of rotatable bonds is 12. The molecule has 2 aromatic rings. The number of hydrazine groups is 1. The number of carbonyl (C=O) groups is 4. The Labute approximate surface area is 279 Å². The van der Waals surface area contributed by atoms with Crippen LogP contribution in [-0.2, 0) is 30.3 Å². The summed E-state index contributed by atoms with van der Waals surface area (Å²) in [5.41, 5.74) is 6.63. The molecule has 13 heteroatoms. The van der Waals surface area contributed by atoms with Crippen LogP contribution in [0.3, 0.4) is 0 Å². The zero-order valence-corrected chi connectivity index (χ0v) is 28.1. The maximum Gasteiger partial charge on any atom is 0.325 e. The van der Waals surface area contributed by atoms with Gasteiger partial charge in [-0.05, 0) is 67.3 Å². The van der Waals surface area contributed by atoms with Gasteiger partial charge in [0.05, 0.1) is 6.10 Å². The van der Waals surface area contributed by atoms with E-state index in [2.05, 4.69) is 16.1 Å². The second-order valence-corrected chi connectivity index (χ2v) is 14.1. The molecule has 0 aromatic heterocycles. The number of alkyl halides is 3. The number of aryl methyl sites for hydroxylation is 1. The van der Waals surface area contributed by atoms with Crippen LogP contribution < -0.4 is 16.1 Å². The predicted octanol–water partition coefficient (Wildman–Crippen LogP) is 4.39. The Hall–Kier alpha value is -2.89. The molecule has 45 heavy (non-hydrogen) atoms. The second kappa shape index (κ2) is 16.6. The van der Waals surface area contributed by atoms with Crippen molar-refractivity contribution in [3.8, 4) is 11.1 Å². The molecule has 1 fully saturated rings. The standard InChI is InChI=1S/C32H41Cl3N4O6/c1-19(2)28(29(42)36-20(3)30(43)39-16-6-9-26(38-39)31(44)45-18-32(33,34)35)37-27(41)15-12-22-10-13-23(14-11-22)25-8-5-7-24(17-25)21(4)40/h5,7-8,10-11,13-14,17,19-21,26,28,38,40H,6,9,12,15-16,18H2,1-4H3,(H,36,42)(H,37,41)/t20-,21+,26?,28-/m0/s1. The van der Waals surface area contributed by atoms with Crippen molar-refractivity contribution in [3.63, 3.8) is 0 Å². The number of ether oxygens (including phenoxy) is 1. The Morgan fingerprint density at radius 2 is 1.71 bits per heavy atom. The van der Waals surface area contributed by atoms with Gasteiger partial charge in [-0.3, -0.25) is 24.2 Å². The Morgan fingerprint density at radius 1 is 1.02 bits per heavy atom. The van der Waals surface area contributed by atoms with Crippen molar-refractivity contribution < 1.29 is 29.0 Å². The summed E-state index contributed by atoms with van der Waals surface area (Å²) in [5.74, 6) is -2.11. The quantitative estimate of drug-likeness (QED) is 0.192. The molecule has 3 rings (SSSR count). The summed E-state index contributed by atoms with van der Waals surface area (Å²) in [6.07, 6.45) is 1.05. The van der Waals surface area contributed by atoms with Gasteiger partial charge in [0.25, 0.3) is 5.91 Å². The van der Waals surface area contributed by atoms with Crippen molar-refractivity contribution in [2.75, 3.05) is 13.2 Å². The van der Waals surface area contributed by atoms with Crippen LogP contribution in [0, 0.1) is 5.92 Å². The highest BCUT2D eigenvalue weighted by molar-refractivity contribution is 6.67. The van der Waals surface area contributed by atoms with Crippen LogP contribution in [0.4, 0.5) is 0 Å². The summed E-state index contributed by atoms with van der Waals surface area (Å²) in [6, 6.07) is 13.0. The summed E-state index contributed by atoms with van der Waals surface area (Å²) >= 11 is 16.9. The Kier molecular flexibility index (Phi) is 13.5. The van der Waals surface area contributed by atoms with Gasteiger partial charge in [-0.25, -0.2) is 5.43 Å². The fraction of sp³-hybridized carbons (Fsp3) is 0.500. The number of hydrogen-bond donors (Lipinski definition) is 4. The molecule has 1 heterocycles. The molecular weight excluding hydrogens is 643 g/mol. The second-order valence-electron chi connectivity index (χ2n) is 11.6. The predicted molar refractivity (Wildman–Crippen MR) is 174 cm³/mol. The topological polar surface area (TPSA) is 137 Å². The van der Waals surface area contributed by atoms with Gasteiger partial charge in [-0.1, -0.05) is 91.1 Å². The molecule has 1 aliphatic rings. The number of benzene rings is 2. The van der Waals surface area contributed by atoms with E-state index in [1.807, 2.05) is 62.4 Å². The normalized spacial score (nSPS) is 17.3. The molecule has 4 atom stereocenters. The number of carbonyl (C=O) groups excluding carboxylic acids is 4. The minimum atomic E-state index is -1.75. The number of nitrogens with zero attached hydrogens (tertiary/aromatic N) is 1. The van der Waals surface area contributed by atoms with E-state index in [0.29, 0.717) is 25.8 Å². The molecule has 0 saturated carbocycles. The largest absolute Gasteiger partial charge is 0.460 e. The van der Waals surface area contributed by atoms with E-state index in [-0.39, 0.29) is 18.2 Å². The first-order valence-electron chi connectivity index (χ1n) is 14.9. The van der Waals surface area contributed by atoms with Crippen molar-refractivity contribution in [2.24, 2.45) is 5.92 Å². The molecule has 1 aliphatic heterocycles. The third-order valence-corrected chi connectivity index (χ3v) is 7.73. The Morgan fingerprint density at radius 3 is 2.33 bits per heavy atom. The van der Waals surface area contributed by atoms with Gasteiger partial charge in [-0.15, -0.1) is 0 Å². The van der Waals surface area contributed by atoms with Gasteiger partial charge >= 0.3 is 5.97 Å². The number of esters is 1. The van der Waals surface area contributed by atoms with Crippen molar-refractivity contribution in [1.29, 1.82) is 0 Å². The number of halogens is 3. The molecule has 0 aliphatic carbocycles. The number of hydrogen-bond acceptors (Lipinski definition) is 7. The van der Waals surface area contributed by atoms with Gasteiger partial charge in [0.1, 0.15) is 24.7 Å². The summed E-state index contributed by atoms with van der Waals surface area (Å²) in [6.45, 7) is 6.78. The van der Waals surface area contributed by atoms with Gasteiger partial charge in [0, 0.05) is 13.0 Å². The molecule has 1 saturated heterocycles. The number of amides is 3. The lowest BCUT2D eigenvalue weighted by Gasteiger charge is -2.34. The SMILES string of the molecule is CC(C)[C@H](NC(=O)CCc1ccc(-c2cccc([C@@H](C)O)c2)cc1)C(=O)N[C@@H](C)C(=O)N1CCCC(C(=O)OCC(Cl)(Cl)Cl)N1. The smallest absolute Gasteiger partial charge is 0.325 e. The third kappa shape index (κ3) is 11.4. The molecule has 0 spiro atoms. The van der Waals surface area contributed by atoms with Crippen molar-refractivity contribution in [3.05, 3.63) is 59.7 Å². The zero-order valence-electron chi connectivity index (χ0n) is 25.8. The molecule has 0 bridgehead atoms. The van der Waals surface area contributed by atoms with E-state index in [1.54, 1.807) is 6.92 Å². The third-order valence-electron chi connectivity index (χ3n) is 7.41. The van der Waals surface area contributed by atoms with Gasteiger partial charge in [0.2, 0.25) is 15.6 Å². The fourth-order valence-corrected chi connectivity index (χ4v) is 5.01. The average Bonchev–Trinajstić information content (AvgIpc) is 3.00. The van der Waals surface area contributed by atoms with Crippen LogP contribution in [0.15, 0.2) is 48.5 Å². The lowest BCUT2D eigenvalue weighted by Crippen LogP contribution is -2.61. The van der Waals surface area contributed by atoms with Crippen LogP contribution >= 0.6 is 34.8 Å². The first kappa shape index (κ1) is 36.6.